The zero-order valence-electron chi connectivity index (χ0n) is 14.7. The molecule has 3 atom stereocenters. The number of pyridine rings is 1. The third-order valence-corrected chi connectivity index (χ3v) is 5.35. The van der Waals surface area contributed by atoms with Crippen LogP contribution in [-0.2, 0) is 14.2 Å². The minimum Gasteiger partial charge on any atom is -0.444 e. The molecule has 0 unspecified atom stereocenters. The van der Waals surface area contributed by atoms with Crippen molar-refractivity contribution in [1.82, 2.24) is 9.88 Å². The smallest absolute Gasteiger partial charge is 0.411 e. The highest BCUT2D eigenvalue weighted by Gasteiger charge is 2.66. The number of carbonyl (C=O) groups excluding carboxylic acids is 1. The Bertz CT molecular complexity index is 667. The number of hydrogen-bond donors (Lipinski definition) is 0. The lowest BCUT2D eigenvalue weighted by molar-refractivity contribution is -0.179. The van der Waals surface area contributed by atoms with Gasteiger partial charge in [-0.2, -0.15) is 0 Å². The average molecular weight is 367 g/mol. The van der Waals surface area contributed by atoms with Crippen molar-refractivity contribution in [3.05, 3.63) is 29.0 Å². The van der Waals surface area contributed by atoms with Crippen molar-refractivity contribution in [2.24, 2.45) is 0 Å². The predicted molar refractivity (Wildman–Crippen MR) is 91.5 cm³/mol. The van der Waals surface area contributed by atoms with Crippen molar-refractivity contribution in [1.29, 1.82) is 0 Å². The summed E-state index contributed by atoms with van der Waals surface area (Å²) in [4.78, 5) is 18.9. The molecule has 6 nitrogen and oxygen atoms in total. The van der Waals surface area contributed by atoms with Gasteiger partial charge in [0.1, 0.15) is 10.8 Å². The molecule has 4 heterocycles. The second-order valence-electron chi connectivity index (χ2n) is 7.96. The van der Waals surface area contributed by atoms with E-state index in [2.05, 4.69) is 4.98 Å². The summed E-state index contributed by atoms with van der Waals surface area (Å²) in [5.74, 6) is -0.640. The van der Waals surface area contributed by atoms with Crippen LogP contribution in [0.3, 0.4) is 0 Å². The van der Waals surface area contributed by atoms with E-state index in [9.17, 15) is 4.79 Å². The maximum Gasteiger partial charge on any atom is 0.411 e. The zero-order chi connectivity index (χ0) is 17.8. The minimum absolute atomic E-state index is 0.0404. The molecule has 2 bridgehead atoms. The number of rotatable bonds is 1. The molecule has 7 heteroatoms. The second-order valence-corrected chi connectivity index (χ2v) is 8.34. The largest absolute Gasteiger partial charge is 0.444 e. The van der Waals surface area contributed by atoms with Crippen molar-refractivity contribution in [2.45, 2.75) is 63.0 Å². The summed E-state index contributed by atoms with van der Waals surface area (Å²) in [6, 6.07) is 3.58. The summed E-state index contributed by atoms with van der Waals surface area (Å²) >= 11 is 5.92. The van der Waals surface area contributed by atoms with Gasteiger partial charge in [-0.25, -0.2) is 9.78 Å². The summed E-state index contributed by atoms with van der Waals surface area (Å²) in [5, 5.41) is 0.457. The van der Waals surface area contributed by atoms with Crippen molar-refractivity contribution < 1.29 is 19.0 Å². The van der Waals surface area contributed by atoms with E-state index in [0.29, 0.717) is 24.8 Å². The number of hydrogen-bond acceptors (Lipinski definition) is 5. The Labute approximate surface area is 152 Å². The Morgan fingerprint density at radius 2 is 2.08 bits per heavy atom. The topological polar surface area (TPSA) is 60.9 Å². The fourth-order valence-corrected chi connectivity index (χ4v) is 4.48. The zero-order valence-corrected chi connectivity index (χ0v) is 15.5. The van der Waals surface area contributed by atoms with Crippen LogP contribution in [0, 0.1) is 0 Å². The first kappa shape index (κ1) is 17.1. The molecule has 1 spiro atoms. The molecule has 1 aromatic rings. The van der Waals surface area contributed by atoms with Gasteiger partial charge in [-0.15, -0.1) is 0 Å². The van der Waals surface area contributed by atoms with Gasteiger partial charge in [0.15, 0.2) is 5.79 Å². The van der Waals surface area contributed by atoms with Gasteiger partial charge in [0.2, 0.25) is 0 Å². The number of carbonyl (C=O) groups is 1. The predicted octanol–water partition coefficient (Wildman–Crippen LogP) is 3.34. The standard InChI is InChI=1S/C18H23ClN2O4/c1-17(2,3)25-16(22)21-12-8-13(11-4-5-14(19)20-10-11)15(21)18(9-12)23-6-7-24-18/h4-5,10,12-13,15H,6-9H2,1-3H3/t12-,13-,15+/m0/s1. The summed E-state index contributed by atoms with van der Waals surface area (Å²) in [5.41, 5.74) is 0.504. The normalized spacial score (nSPS) is 30.2. The van der Waals surface area contributed by atoms with E-state index in [1.165, 1.54) is 0 Å². The Hall–Kier alpha value is -1.37. The summed E-state index contributed by atoms with van der Waals surface area (Å²) in [7, 11) is 0. The fourth-order valence-electron chi connectivity index (χ4n) is 4.37. The van der Waals surface area contributed by atoms with Crippen LogP contribution in [0.4, 0.5) is 4.79 Å². The highest BCUT2D eigenvalue weighted by atomic mass is 35.5. The Kier molecular flexibility index (Phi) is 3.98. The Balaban J connectivity index is 1.67. The molecule has 3 fully saturated rings. The van der Waals surface area contributed by atoms with E-state index in [4.69, 9.17) is 25.8 Å². The molecule has 0 radical (unpaired) electrons. The van der Waals surface area contributed by atoms with Gasteiger partial charge in [0, 0.05) is 24.6 Å². The van der Waals surface area contributed by atoms with E-state index in [1.807, 2.05) is 31.7 Å². The maximum absolute atomic E-state index is 12.8. The van der Waals surface area contributed by atoms with Crippen LogP contribution in [-0.4, -0.2) is 52.7 Å². The van der Waals surface area contributed by atoms with Gasteiger partial charge in [-0.1, -0.05) is 17.7 Å². The van der Waals surface area contributed by atoms with Crippen LogP contribution < -0.4 is 0 Å². The second kappa shape index (κ2) is 5.83. The summed E-state index contributed by atoms with van der Waals surface area (Å²) in [6.07, 6.45) is 3.02. The van der Waals surface area contributed by atoms with Crippen molar-refractivity contribution >= 4 is 17.7 Å². The first-order valence-electron chi connectivity index (χ1n) is 8.70. The van der Waals surface area contributed by atoms with E-state index < -0.39 is 11.4 Å². The summed E-state index contributed by atoms with van der Waals surface area (Å²) in [6.45, 7) is 6.74. The molecule has 3 aliphatic heterocycles. The van der Waals surface area contributed by atoms with Crippen LogP contribution in [0.2, 0.25) is 5.15 Å². The quantitative estimate of drug-likeness (QED) is 0.713. The number of ether oxygens (including phenoxy) is 3. The van der Waals surface area contributed by atoms with E-state index >= 15 is 0 Å². The Morgan fingerprint density at radius 1 is 1.36 bits per heavy atom. The molecule has 0 N–H and O–H groups in total. The van der Waals surface area contributed by atoms with Crippen LogP contribution >= 0.6 is 11.6 Å². The molecule has 4 rings (SSSR count). The number of aromatic nitrogens is 1. The first-order chi connectivity index (χ1) is 11.8. The highest BCUT2D eigenvalue weighted by Crippen LogP contribution is 2.55. The number of halogens is 1. The lowest BCUT2D eigenvalue weighted by Gasteiger charge is -2.36. The van der Waals surface area contributed by atoms with Crippen LogP contribution in [0.5, 0.6) is 0 Å². The molecule has 3 aliphatic rings. The summed E-state index contributed by atoms with van der Waals surface area (Å²) < 4.78 is 17.7. The molecule has 136 valence electrons. The third-order valence-electron chi connectivity index (χ3n) is 5.13. The average Bonchev–Trinajstić information content (AvgIpc) is 3.19. The number of amides is 1. The van der Waals surface area contributed by atoms with E-state index in [-0.39, 0.29) is 24.1 Å². The van der Waals surface area contributed by atoms with Crippen molar-refractivity contribution in [3.8, 4) is 0 Å². The monoisotopic (exact) mass is 366 g/mol. The Morgan fingerprint density at radius 3 is 2.68 bits per heavy atom. The third kappa shape index (κ3) is 2.90. The number of nitrogens with zero attached hydrogens (tertiary/aromatic N) is 2. The molecule has 25 heavy (non-hydrogen) atoms. The minimum atomic E-state index is -0.732. The van der Waals surface area contributed by atoms with Crippen LogP contribution in [0.1, 0.15) is 45.1 Å². The van der Waals surface area contributed by atoms with Gasteiger partial charge in [0.05, 0.1) is 19.3 Å². The lowest BCUT2D eigenvalue weighted by atomic mass is 9.81. The number of fused-ring (bicyclic) bond motifs is 3. The maximum atomic E-state index is 12.8. The molecule has 0 saturated carbocycles. The van der Waals surface area contributed by atoms with Gasteiger partial charge in [-0.05, 0) is 38.8 Å². The highest BCUT2D eigenvalue weighted by molar-refractivity contribution is 6.29. The van der Waals surface area contributed by atoms with Crippen molar-refractivity contribution in [2.75, 3.05) is 13.2 Å². The SMILES string of the molecule is CC(C)(C)OC(=O)N1[C@H]2C[C@@H](c3ccc(Cl)nc3)[C@@H]1C1(C2)OCCO1. The molecular weight excluding hydrogens is 344 g/mol. The molecule has 0 aliphatic carbocycles. The molecule has 0 aromatic carbocycles. The van der Waals surface area contributed by atoms with Crippen LogP contribution in [0.25, 0.3) is 0 Å². The van der Waals surface area contributed by atoms with Crippen LogP contribution in [0.15, 0.2) is 18.3 Å². The lowest BCUT2D eigenvalue weighted by Crippen LogP contribution is -2.50. The fraction of sp³-hybridized carbons (Fsp3) is 0.667. The molecule has 1 amide bonds. The van der Waals surface area contributed by atoms with E-state index in [1.54, 1.807) is 12.3 Å². The van der Waals surface area contributed by atoms with Crippen molar-refractivity contribution in [3.63, 3.8) is 0 Å². The van der Waals surface area contributed by atoms with Gasteiger partial charge in [-0.3, -0.25) is 4.90 Å². The molecule has 3 saturated heterocycles. The molecular formula is C18H23ClN2O4. The van der Waals surface area contributed by atoms with E-state index in [0.717, 1.165) is 12.0 Å². The molecule has 1 aromatic heterocycles. The van der Waals surface area contributed by atoms with Gasteiger partial charge >= 0.3 is 6.09 Å². The van der Waals surface area contributed by atoms with Gasteiger partial charge in [0.25, 0.3) is 0 Å². The van der Waals surface area contributed by atoms with Gasteiger partial charge < -0.3 is 14.2 Å². The first-order valence-corrected chi connectivity index (χ1v) is 9.08.